The van der Waals surface area contributed by atoms with E-state index in [4.69, 9.17) is 11.6 Å². The largest absolute Gasteiger partial charge is 0.295 e. The quantitative estimate of drug-likeness (QED) is 0.768. The zero-order chi connectivity index (χ0) is 11.5. The van der Waals surface area contributed by atoms with Crippen molar-refractivity contribution in [1.29, 1.82) is 0 Å². The summed E-state index contributed by atoms with van der Waals surface area (Å²) in [6.07, 6.45) is 4.48. The summed E-state index contributed by atoms with van der Waals surface area (Å²) in [7, 11) is 0. The van der Waals surface area contributed by atoms with Gasteiger partial charge >= 0.3 is 0 Å². The first-order valence-electron chi connectivity index (χ1n) is 5.31. The molecular weight excluding hydrogens is 227 g/mol. The van der Waals surface area contributed by atoms with E-state index in [1.165, 1.54) is 12.1 Å². The van der Waals surface area contributed by atoms with Crippen molar-refractivity contribution in [2.24, 2.45) is 0 Å². The minimum absolute atomic E-state index is 0.142. The van der Waals surface area contributed by atoms with Gasteiger partial charge < -0.3 is 0 Å². The molecule has 0 bridgehead atoms. The molecule has 1 aromatic rings. The van der Waals surface area contributed by atoms with Crippen molar-refractivity contribution in [2.75, 3.05) is 0 Å². The molecule has 2 rings (SSSR count). The monoisotopic (exact) mass is 238 g/mol. The average molecular weight is 239 g/mol. The first-order chi connectivity index (χ1) is 7.65. The van der Waals surface area contributed by atoms with Gasteiger partial charge in [-0.2, -0.15) is 0 Å². The maximum Gasteiger partial charge on any atom is 0.155 e. The lowest BCUT2D eigenvalue weighted by atomic mass is 9.93. The summed E-state index contributed by atoms with van der Waals surface area (Å²) in [6.45, 7) is 0. The lowest BCUT2D eigenvalue weighted by Gasteiger charge is -2.12. The molecule has 0 spiro atoms. The van der Waals surface area contributed by atoms with Crippen molar-refractivity contribution >= 4 is 17.4 Å². The third kappa shape index (κ3) is 2.70. The van der Waals surface area contributed by atoms with Crippen LogP contribution >= 0.6 is 11.6 Å². The number of ketones is 1. The molecule has 0 saturated heterocycles. The second-order valence-corrected chi connectivity index (χ2v) is 4.47. The minimum Gasteiger partial charge on any atom is -0.295 e. The van der Waals surface area contributed by atoms with Crippen molar-refractivity contribution in [1.82, 2.24) is 0 Å². The fourth-order valence-electron chi connectivity index (χ4n) is 1.92. The summed E-state index contributed by atoms with van der Waals surface area (Å²) in [5.74, 6) is -0.119. The second-order valence-electron chi connectivity index (χ2n) is 4.03. The van der Waals surface area contributed by atoms with Gasteiger partial charge in [0, 0.05) is 11.4 Å². The third-order valence-corrected chi connectivity index (χ3v) is 2.95. The van der Waals surface area contributed by atoms with Gasteiger partial charge in [-0.1, -0.05) is 17.2 Å². The highest BCUT2D eigenvalue weighted by Gasteiger charge is 2.12. The van der Waals surface area contributed by atoms with Crippen LogP contribution in [0.5, 0.6) is 0 Å². The van der Waals surface area contributed by atoms with Gasteiger partial charge in [-0.15, -0.1) is 0 Å². The Kier molecular flexibility index (Phi) is 3.39. The molecule has 0 unspecified atom stereocenters. The zero-order valence-corrected chi connectivity index (χ0v) is 9.56. The van der Waals surface area contributed by atoms with E-state index in [2.05, 4.69) is 0 Å². The van der Waals surface area contributed by atoms with Gasteiger partial charge in [0.1, 0.15) is 5.82 Å². The number of carbonyl (C=O) groups is 1. The van der Waals surface area contributed by atoms with Crippen molar-refractivity contribution in [3.8, 4) is 0 Å². The predicted octanol–water partition coefficient (Wildman–Crippen LogP) is 3.70. The Morgan fingerprint density at radius 1 is 1.31 bits per heavy atom. The maximum absolute atomic E-state index is 13.5. The molecule has 1 aliphatic carbocycles. The molecule has 0 saturated carbocycles. The van der Waals surface area contributed by atoms with E-state index in [-0.39, 0.29) is 11.6 Å². The first-order valence-corrected chi connectivity index (χ1v) is 5.69. The fourth-order valence-corrected chi connectivity index (χ4v) is 2.12. The van der Waals surface area contributed by atoms with E-state index in [0.29, 0.717) is 23.4 Å². The van der Waals surface area contributed by atoms with Crippen LogP contribution in [0.25, 0.3) is 0 Å². The Morgan fingerprint density at radius 3 is 2.88 bits per heavy atom. The second kappa shape index (κ2) is 4.79. The van der Waals surface area contributed by atoms with Crippen LogP contribution in [-0.4, -0.2) is 5.78 Å². The van der Waals surface area contributed by atoms with E-state index in [9.17, 15) is 9.18 Å². The fraction of sp³-hybridized carbons (Fsp3) is 0.308. The normalized spacial score (nSPS) is 16.1. The van der Waals surface area contributed by atoms with Gasteiger partial charge in [0.05, 0.1) is 0 Å². The number of halogens is 2. The van der Waals surface area contributed by atoms with Crippen LogP contribution in [0.4, 0.5) is 4.39 Å². The Balaban J connectivity index is 2.20. The Bertz CT molecular complexity index is 451. The van der Waals surface area contributed by atoms with E-state index >= 15 is 0 Å². The van der Waals surface area contributed by atoms with E-state index in [1.807, 2.05) is 0 Å². The van der Waals surface area contributed by atoms with Gasteiger partial charge in [0.15, 0.2) is 5.78 Å². The summed E-state index contributed by atoms with van der Waals surface area (Å²) >= 11 is 5.81. The summed E-state index contributed by atoms with van der Waals surface area (Å²) in [5.41, 5.74) is 1.56. The number of hydrogen-bond donors (Lipinski definition) is 0. The summed E-state index contributed by atoms with van der Waals surface area (Å²) < 4.78 is 13.5. The molecule has 1 aliphatic rings. The van der Waals surface area contributed by atoms with Gasteiger partial charge in [-0.3, -0.25) is 4.79 Å². The number of carbonyl (C=O) groups excluding carboxylic acids is 1. The molecule has 84 valence electrons. The van der Waals surface area contributed by atoms with E-state index < -0.39 is 0 Å². The molecule has 0 amide bonds. The summed E-state index contributed by atoms with van der Waals surface area (Å²) in [6, 6.07) is 4.51. The van der Waals surface area contributed by atoms with Crippen LogP contribution in [0.15, 0.2) is 29.8 Å². The van der Waals surface area contributed by atoms with Crippen molar-refractivity contribution in [3.05, 3.63) is 46.3 Å². The highest BCUT2D eigenvalue weighted by Crippen LogP contribution is 2.23. The van der Waals surface area contributed by atoms with Crippen LogP contribution in [-0.2, 0) is 11.2 Å². The lowest BCUT2D eigenvalue weighted by molar-refractivity contribution is -0.115. The molecule has 0 aromatic heterocycles. The predicted molar refractivity (Wildman–Crippen MR) is 62.1 cm³/mol. The van der Waals surface area contributed by atoms with Crippen LogP contribution < -0.4 is 0 Å². The van der Waals surface area contributed by atoms with Crippen LogP contribution in [0.2, 0.25) is 5.02 Å². The number of rotatable bonds is 2. The molecule has 0 atom stereocenters. The maximum atomic E-state index is 13.5. The van der Waals surface area contributed by atoms with Crippen molar-refractivity contribution < 1.29 is 9.18 Å². The van der Waals surface area contributed by atoms with Gasteiger partial charge in [-0.25, -0.2) is 4.39 Å². The van der Waals surface area contributed by atoms with Gasteiger partial charge in [-0.05, 0) is 49.1 Å². The van der Waals surface area contributed by atoms with Crippen molar-refractivity contribution in [3.63, 3.8) is 0 Å². The topological polar surface area (TPSA) is 17.1 Å². The SMILES string of the molecule is O=C1C=C(Cc2cc(Cl)ccc2F)CCC1. The van der Waals surface area contributed by atoms with E-state index in [0.717, 1.165) is 18.4 Å². The average Bonchev–Trinajstić information content (AvgIpc) is 2.24. The lowest BCUT2D eigenvalue weighted by Crippen LogP contribution is -2.05. The zero-order valence-electron chi connectivity index (χ0n) is 8.80. The molecule has 16 heavy (non-hydrogen) atoms. The summed E-state index contributed by atoms with van der Waals surface area (Å²) in [4.78, 5) is 11.2. The highest BCUT2D eigenvalue weighted by atomic mass is 35.5. The molecular formula is C13H12ClFO. The first kappa shape index (κ1) is 11.3. The van der Waals surface area contributed by atoms with Crippen molar-refractivity contribution in [2.45, 2.75) is 25.7 Å². The Hall–Kier alpha value is -1.15. The van der Waals surface area contributed by atoms with Crippen LogP contribution in [0.3, 0.4) is 0 Å². The smallest absolute Gasteiger partial charge is 0.155 e. The molecule has 1 nitrogen and oxygen atoms in total. The Labute approximate surface area is 98.9 Å². The van der Waals surface area contributed by atoms with Gasteiger partial charge in [0.25, 0.3) is 0 Å². The summed E-state index contributed by atoms with van der Waals surface area (Å²) in [5, 5.41) is 0.527. The highest BCUT2D eigenvalue weighted by molar-refractivity contribution is 6.30. The number of allylic oxidation sites excluding steroid dienone is 2. The third-order valence-electron chi connectivity index (χ3n) is 2.71. The van der Waals surface area contributed by atoms with Crippen LogP contribution in [0, 0.1) is 5.82 Å². The molecule has 3 heteroatoms. The molecule has 0 aliphatic heterocycles. The Morgan fingerprint density at radius 2 is 2.12 bits per heavy atom. The minimum atomic E-state index is -0.261. The van der Waals surface area contributed by atoms with Gasteiger partial charge in [0.2, 0.25) is 0 Å². The van der Waals surface area contributed by atoms with Crippen LogP contribution in [0.1, 0.15) is 24.8 Å². The molecule has 0 radical (unpaired) electrons. The van der Waals surface area contributed by atoms with E-state index in [1.54, 1.807) is 12.1 Å². The molecule has 1 aromatic carbocycles. The molecule has 0 heterocycles. The molecule has 0 N–H and O–H groups in total. The number of hydrogen-bond acceptors (Lipinski definition) is 1. The standard InChI is InChI=1S/C13H12ClFO/c14-11-4-5-13(15)10(8-11)6-9-2-1-3-12(16)7-9/h4-5,7-8H,1-3,6H2. The number of benzene rings is 1. The molecule has 0 fully saturated rings.